The second-order valence-corrected chi connectivity index (χ2v) is 4.59. The standard InChI is InChI=1S/C12H24N2O3/c1-9(12(16-2)17-3)14-11(15)5-4-10-6-7-13-8-10/h9-10,12-13H,4-8H2,1-3H3,(H,14,15). The number of carbonyl (C=O) groups is 1. The summed E-state index contributed by atoms with van der Waals surface area (Å²) in [4.78, 5) is 11.7. The molecule has 5 nitrogen and oxygen atoms in total. The van der Waals surface area contributed by atoms with Crippen LogP contribution in [0.1, 0.15) is 26.2 Å². The SMILES string of the molecule is COC(OC)C(C)NC(=O)CCC1CCNC1. The van der Waals surface area contributed by atoms with Crippen molar-refractivity contribution in [2.24, 2.45) is 5.92 Å². The molecular weight excluding hydrogens is 220 g/mol. The highest BCUT2D eigenvalue weighted by Gasteiger charge is 2.19. The Hall–Kier alpha value is -0.650. The molecule has 1 aliphatic rings. The van der Waals surface area contributed by atoms with Crippen LogP contribution in [0.25, 0.3) is 0 Å². The zero-order chi connectivity index (χ0) is 12.7. The van der Waals surface area contributed by atoms with E-state index in [-0.39, 0.29) is 18.2 Å². The summed E-state index contributed by atoms with van der Waals surface area (Å²) >= 11 is 0. The third-order valence-electron chi connectivity index (χ3n) is 3.20. The second kappa shape index (κ2) is 7.63. The molecule has 0 radical (unpaired) electrons. The number of hydrogen-bond acceptors (Lipinski definition) is 4. The van der Waals surface area contributed by atoms with Gasteiger partial charge in [0.1, 0.15) is 0 Å². The average molecular weight is 244 g/mol. The van der Waals surface area contributed by atoms with Gasteiger partial charge in [-0.2, -0.15) is 0 Å². The van der Waals surface area contributed by atoms with E-state index < -0.39 is 0 Å². The molecular formula is C12H24N2O3. The van der Waals surface area contributed by atoms with Crippen LogP contribution in [0.15, 0.2) is 0 Å². The third kappa shape index (κ3) is 5.02. The molecule has 1 fully saturated rings. The Balaban J connectivity index is 2.18. The molecule has 2 atom stereocenters. The van der Waals surface area contributed by atoms with E-state index in [9.17, 15) is 4.79 Å². The Bertz CT molecular complexity index is 226. The Kier molecular flexibility index (Phi) is 6.47. The topological polar surface area (TPSA) is 59.6 Å². The van der Waals surface area contributed by atoms with Gasteiger partial charge in [-0.05, 0) is 38.8 Å². The molecule has 1 heterocycles. The number of carbonyl (C=O) groups excluding carboxylic acids is 1. The zero-order valence-corrected chi connectivity index (χ0v) is 11.0. The van der Waals surface area contributed by atoms with Crippen molar-refractivity contribution in [3.8, 4) is 0 Å². The minimum Gasteiger partial charge on any atom is -0.354 e. The molecule has 2 unspecified atom stereocenters. The monoisotopic (exact) mass is 244 g/mol. The summed E-state index contributed by atoms with van der Waals surface area (Å²) in [6.45, 7) is 4.01. The van der Waals surface area contributed by atoms with E-state index in [2.05, 4.69) is 10.6 Å². The summed E-state index contributed by atoms with van der Waals surface area (Å²) in [7, 11) is 3.14. The number of amides is 1. The molecule has 0 aliphatic carbocycles. The van der Waals surface area contributed by atoms with Crippen LogP contribution in [-0.4, -0.2) is 45.5 Å². The average Bonchev–Trinajstić information content (AvgIpc) is 2.81. The molecule has 100 valence electrons. The molecule has 0 bridgehead atoms. The van der Waals surface area contributed by atoms with E-state index in [1.165, 1.54) is 6.42 Å². The highest BCUT2D eigenvalue weighted by atomic mass is 16.7. The third-order valence-corrected chi connectivity index (χ3v) is 3.20. The van der Waals surface area contributed by atoms with E-state index in [1.54, 1.807) is 14.2 Å². The minimum absolute atomic E-state index is 0.0727. The maximum absolute atomic E-state index is 11.7. The van der Waals surface area contributed by atoms with Gasteiger partial charge in [-0.3, -0.25) is 4.79 Å². The van der Waals surface area contributed by atoms with Crippen molar-refractivity contribution < 1.29 is 14.3 Å². The molecule has 2 N–H and O–H groups in total. The van der Waals surface area contributed by atoms with Gasteiger partial charge in [0.05, 0.1) is 6.04 Å². The fraction of sp³-hybridized carbons (Fsp3) is 0.917. The van der Waals surface area contributed by atoms with E-state index in [0.717, 1.165) is 19.5 Å². The van der Waals surface area contributed by atoms with E-state index in [4.69, 9.17) is 9.47 Å². The van der Waals surface area contributed by atoms with Gasteiger partial charge in [0.25, 0.3) is 0 Å². The smallest absolute Gasteiger partial charge is 0.220 e. The first kappa shape index (κ1) is 14.4. The van der Waals surface area contributed by atoms with Crippen molar-refractivity contribution in [3.05, 3.63) is 0 Å². The van der Waals surface area contributed by atoms with Crippen LogP contribution in [0.2, 0.25) is 0 Å². The molecule has 1 saturated heterocycles. The predicted octanol–water partition coefficient (Wildman–Crippen LogP) is 0.500. The van der Waals surface area contributed by atoms with Gasteiger partial charge in [-0.1, -0.05) is 0 Å². The Morgan fingerprint density at radius 2 is 2.18 bits per heavy atom. The summed E-state index contributed by atoms with van der Waals surface area (Å²) in [5.74, 6) is 0.722. The molecule has 17 heavy (non-hydrogen) atoms. The van der Waals surface area contributed by atoms with E-state index >= 15 is 0 Å². The highest BCUT2D eigenvalue weighted by molar-refractivity contribution is 5.76. The summed E-state index contributed by atoms with van der Waals surface area (Å²) in [6.07, 6.45) is 2.33. The van der Waals surface area contributed by atoms with Crippen molar-refractivity contribution in [2.75, 3.05) is 27.3 Å². The molecule has 1 amide bonds. The van der Waals surface area contributed by atoms with Gasteiger partial charge in [0.2, 0.25) is 5.91 Å². The van der Waals surface area contributed by atoms with Crippen LogP contribution in [-0.2, 0) is 14.3 Å². The maximum Gasteiger partial charge on any atom is 0.220 e. The molecule has 0 saturated carbocycles. The van der Waals surface area contributed by atoms with Gasteiger partial charge in [0.15, 0.2) is 6.29 Å². The number of ether oxygens (including phenoxy) is 2. The van der Waals surface area contributed by atoms with Crippen molar-refractivity contribution in [1.82, 2.24) is 10.6 Å². The zero-order valence-electron chi connectivity index (χ0n) is 11.0. The lowest BCUT2D eigenvalue weighted by atomic mass is 10.0. The molecule has 0 aromatic rings. The lowest BCUT2D eigenvalue weighted by Crippen LogP contribution is -2.43. The molecule has 1 aliphatic heterocycles. The largest absolute Gasteiger partial charge is 0.354 e. The summed E-state index contributed by atoms with van der Waals surface area (Å²) in [5, 5.41) is 6.20. The van der Waals surface area contributed by atoms with E-state index in [1.807, 2.05) is 6.92 Å². The Morgan fingerprint density at radius 1 is 1.47 bits per heavy atom. The van der Waals surface area contributed by atoms with Crippen molar-refractivity contribution >= 4 is 5.91 Å². The molecule has 5 heteroatoms. The van der Waals surface area contributed by atoms with Crippen LogP contribution in [0, 0.1) is 5.92 Å². The van der Waals surface area contributed by atoms with Gasteiger partial charge >= 0.3 is 0 Å². The quantitative estimate of drug-likeness (QED) is 0.640. The van der Waals surface area contributed by atoms with Crippen molar-refractivity contribution in [1.29, 1.82) is 0 Å². The Morgan fingerprint density at radius 3 is 2.71 bits per heavy atom. The molecule has 1 rings (SSSR count). The summed E-state index contributed by atoms with van der Waals surface area (Å²) < 4.78 is 10.2. The molecule has 0 spiro atoms. The molecule has 0 aromatic heterocycles. The second-order valence-electron chi connectivity index (χ2n) is 4.59. The summed E-state index contributed by atoms with van der Waals surface area (Å²) in [5.41, 5.74) is 0. The number of nitrogens with one attached hydrogen (secondary N) is 2. The number of methoxy groups -OCH3 is 2. The van der Waals surface area contributed by atoms with E-state index in [0.29, 0.717) is 12.3 Å². The van der Waals surface area contributed by atoms with Gasteiger partial charge < -0.3 is 20.1 Å². The fourth-order valence-electron chi connectivity index (χ4n) is 2.19. The summed E-state index contributed by atoms with van der Waals surface area (Å²) in [6, 6.07) is -0.126. The van der Waals surface area contributed by atoms with Crippen LogP contribution in [0.5, 0.6) is 0 Å². The normalized spacial score (nSPS) is 21.8. The van der Waals surface area contributed by atoms with Crippen LogP contribution >= 0.6 is 0 Å². The lowest BCUT2D eigenvalue weighted by Gasteiger charge is -2.22. The minimum atomic E-state index is -0.382. The highest BCUT2D eigenvalue weighted by Crippen LogP contribution is 2.14. The van der Waals surface area contributed by atoms with Gasteiger partial charge in [-0.25, -0.2) is 0 Å². The van der Waals surface area contributed by atoms with Gasteiger partial charge in [-0.15, -0.1) is 0 Å². The predicted molar refractivity (Wildman–Crippen MR) is 65.6 cm³/mol. The number of rotatable bonds is 7. The fourth-order valence-corrected chi connectivity index (χ4v) is 2.19. The van der Waals surface area contributed by atoms with Crippen molar-refractivity contribution in [2.45, 2.75) is 38.5 Å². The lowest BCUT2D eigenvalue weighted by molar-refractivity contribution is -0.136. The maximum atomic E-state index is 11.7. The first-order chi connectivity index (χ1) is 8.17. The first-order valence-corrected chi connectivity index (χ1v) is 6.23. The Labute approximate surface area is 103 Å². The van der Waals surface area contributed by atoms with Crippen LogP contribution in [0.3, 0.4) is 0 Å². The van der Waals surface area contributed by atoms with Crippen LogP contribution < -0.4 is 10.6 Å². The van der Waals surface area contributed by atoms with Crippen molar-refractivity contribution in [3.63, 3.8) is 0 Å². The van der Waals surface area contributed by atoms with Crippen LogP contribution in [0.4, 0.5) is 0 Å². The number of hydrogen-bond donors (Lipinski definition) is 2. The first-order valence-electron chi connectivity index (χ1n) is 6.23. The van der Waals surface area contributed by atoms with Gasteiger partial charge in [0, 0.05) is 20.6 Å². The molecule has 0 aromatic carbocycles.